The average Bonchev–Trinajstić information content (AvgIpc) is 2.47. The van der Waals surface area contributed by atoms with Crippen molar-refractivity contribution in [1.82, 2.24) is 0 Å². The van der Waals surface area contributed by atoms with E-state index in [4.69, 9.17) is 15.7 Å². The number of nitrogens with zero attached hydrogens (tertiary/aromatic N) is 1. The lowest BCUT2D eigenvalue weighted by atomic mass is 10.1. The molecule has 0 aliphatic carbocycles. The van der Waals surface area contributed by atoms with E-state index in [-0.39, 0.29) is 17.1 Å². The zero-order valence-corrected chi connectivity index (χ0v) is 12.1. The summed E-state index contributed by atoms with van der Waals surface area (Å²) in [6.07, 6.45) is 0. The molecule has 0 radical (unpaired) electrons. The molecule has 0 aliphatic heterocycles. The predicted octanol–water partition coefficient (Wildman–Crippen LogP) is 3.64. The molecule has 0 atom stereocenters. The standard InChI is InChI=1S/C16H17FN2O2/c1-9-7-8-10(2)15(11(9)3)21-13-6-4-5-12(17)14(13)16(18)19-20/h4-8,20H,1-3H3,(H2,18,19). The van der Waals surface area contributed by atoms with E-state index in [2.05, 4.69) is 5.16 Å². The Labute approximate surface area is 122 Å². The molecule has 110 valence electrons. The number of ether oxygens (including phenoxy) is 1. The second kappa shape index (κ2) is 5.83. The number of hydrogen-bond acceptors (Lipinski definition) is 3. The van der Waals surface area contributed by atoms with Gasteiger partial charge in [0.15, 0.2) is 5.84 Å². The Morgan fingerprint density at radius 1 is 1.14 bits per heavy atom. The topological polar surface area (TPSA) is 67.8 Å². The number of oxime groups is 1. The van der Waals surface area contributed by atoms with Crippen LogP contribution in [-0.2, 0) is 0 Å². The summed E-state index contributed by atoms with van der Waals surface area (Å²) >= 11 is 0. The van der Waals surface area contributed by atoms with Crippen molar-refractivity contribution in [1.29, 1.82) is 0 Å². The highest BCUT2D eigenvalue weighted by atomic mass is 19.1. The van der Waals surface area contributed by atoms with Gasteiger partial charge in [-0.15, -0.1) is 0 Å². The summed E-state index contributed by atoms with van der Waals surface area (Å²) in [5, 5.41) is 11.7. The molecule has 2 rings (SSSR count). The van der Waals surface area contributed by atoms with Crippen molar-refractivity contribution < 1.29 is 14.3 Å². The summed E-state index contributed by atoms with van der Waals surface area (Å²) in [6.45, 7) is 5.81. The van der Waals surface area contributed by atoms with Gasteiger partial charge in [0.25, 0.3) is 0 Å². The first-order valence-electron chi connectivity index (χ1n) is 6.46. The number of amidine groups is 1. The van der Waals surface area contributed by atoms with E-state index < -0.39 is 5.82 Å². The summed E-state index contributed by atoms with van der Waals surface area (Å²) in [5.41, 5.74) is 8.43. The smallest absolute Gasteiger partial charge is 0.176 e. The molecule has 5 heteroatoms. The van der Waals surface area contributed by atoms with Gasteiger partial charge in [-0.05, 0) is 49.6 Å². The Hall–Kier alpha value is -2.56. The Morgan fingerprint density at radius 3 is 2.48 bits per heavy atom. The lowest BCUT2D eigenvalue weighted by molar-refractivity contribution is 0.318. The monoisotopic (exact) mass is 288 g/mol. The third-order valence-electron chi connectivity index (χ3n) is 3.42. The molecule has 0 amide bonds. The molecule has 21 heavy (non-hydrogen) atoms. The molecule has 4 nitrogen and oxygen atoms in total. The fourth-order valence-corrected chi connectivity index (χ4v) is 2.08. The maximum atomic E-state index is 13.9. The summed E-state index contributed by atoms with van der Waals surface area (Å²) in [6, 6.07) is 8.25. The molecule has 0 saturated carbocycles. The minimum absolute atomic E-state index is 0.0553. The molecule has 0 aliphatic rings. The van der Waals surface area contributed by atoms with Crippen LogP contribution in [0.5, 0.6) is 11.5 Å². The number of nitrogens with two attached hydrogens (primary N) is 1. The van der Waals surface area contributed by atoms with E-state index >= 15 is 0 Å². The molecular weight excluding hydrogens is 271 g/mol. The number of hydrogen-bond donors (Lipinski definition) is 2. The molecule has 0 saturated heterocycles. The predicted molar refractivity (Wildman–Crippen MR) is 79.6 cm³/mol. The van der Waals surface area contributed by atoms with Gasteiger partial charge in [-0.2, -0.15) is 0 Å². The summed E-state index contributed by atoms with van der Waals surface area (Å²) in [5.74, 6) is -0.0773. The van der Waals surface area contributed by atoms with Crippen molar-refractivity contribution in [3.63, 3.8) is 0 Å². The van der Waals surface area contributed by atoms with Gasteiger partial charge in [0.05, 0.1) is 5.56 Å². The minimum Gasteiger partial charge on any atom is -0.456 e. The molecule has 2 aromatic carbocycles. The molecular formula is C16H17FN2O2. The van der Waals surface area contributed by atoms with Crippen LogP contribution in [0.1, 0.15) is 22.3 Å². The summed E-state index contributed by atoms with van der Waals surface area (Å²) < 4.78 is 19.8. The van der Waals surface area contributed by atoms with Gasteiger partial charge < -0.3 is 15.7 Å². The zero-order valence-electron chi connectivity index (χ0n) is 12.1. The molecule has 0 heterocycles. The Bertz CT molecular complexity index is 712. The van der Waals surface area contributed by atoms with Crippen molar-refractivity contribution in [2.75, 3.05) is 0 Å². The van der Waals surface area contributed by atoms with E-state index in [0.717, 1.165) is 16.7 Å². The van der Waals surface area contributed by atoms with Crippen molar-refractivity contribution >= 4 is 5.84 Å². The average molecular weight is 288 g/mol. The van der Waals surface area contributed by atoms with E-state index in [1.54, 1.807) is 6.07 Å². The van der Waals surface area contributed by atoms with Crippen molar-refractivity contribution in [3.8, 4) is 11.5 Å². The van der Waals surface area contributed by atoms with Gasteiger partial charge >= 0.3 is 0 Å². The Morgan fingerprint density at radius 2 is 1.81 bits per heavy atom. The zero-order chi connectivity index (χ0) is 15.6. The first-order valence-corrected chi connectivity index (χ1v) is 6.46. The maximum Gasteiger partial charge on any atom is 0.176 e. The SMILES string of the molecule is Cc1ccc(C)c(Oc2cccc(F)c2C(N)=NO)c1C. The van der Waals surface area contributed by atoms with Crippen LogP contribution in [0.15, 0.2) is 35.5 Å². The molecule has 2 aromatic rings. The highest BCUT2D eigenvalue weighted by Gasteiger charge is 2.17. The van der Waals surface area contributed by atoms with Crippen LogP contribution in [0, 0.1) is 26.6 Å². The number of benzene rings is 2. The highest BCUT2D eigenvalue weighted by molar-refractivity contribution is 5.99. The second-order valence-corrected chi connectivity index (χ2v) is 4.85. The van der Waals surface area contributed by atoms with Gasteiger partial charge in [0.2, 0.25) is 0 Å². The highest BCUT2D eigenvalue weighted by Crippen LogP contribution is 2.33. The fourth-order valence-electron chi connectivity index (χ4n) is 2.08. The first-order chi connectivity index (χ1) is 9.95. The Kier molecular flexibility index (Phi) is 4.12. The van der Waals surface area contributed by atoms with E-state index in [0.29, 0.717) is 5.75 Å². The molecule has 0 aromatic heterocycles. The van der Waals surface area contributed by atoms with Gasteiger partial charge in [0, 0.05) is 0 Å². The fraction of sp³-hybridized carbons (Fsp3) is 0.188. The maximum absolute atomic E-state index is 13.9. The third-order valence-corrected chi connectivity index (χ3v) is 3.42. The van der Waals surface area contributed by atoms with Gasteiger partial charge in [-0.1, -0.05) is 23.4 Å². The Balaban J connectivity index is 2.56. The van der Waals surface area contributed by atoms with Gasteiger partial charge in [-0.25, -0.2) is 4.39 Å². The normalized spacial score (nSPS) is 11.5. The number of aryl methyl sites for hydroxylation is 2. The second-order valence-electron chi connectivity index (χ2n) is 4.85. The largest absolute Gasteiger partial charge is 0.456 e. The van der Waals surface area contributed by atoms with Gasteiger partial charge in [-0.3, -0.25) is 0 Å². The molecule has 0 unspecified atom stereocenters. The van der Waals surface area contributed by atoms with Crippen molar-refractivity contribution in [2.45, 2.75) is 20.8 Å². The van der Waals surface area contributed by atoms with E-state index in [1.807, 2.05) is 32.9 Å². The van der Waals surface area contributed by atoms with E-state index in [1.165, 1.54) is 12.1 Å². The van der Waals surface area contributed by atoms with Crippen LogP contribution < -0.4 is 10.5 Å². The van der Waals surface area contributed by atoms with Crippen LogP contribution in [0.2, 0.25) is 0 Å². The van der Waals surface area contributed by atoms with Gasteiger partial charge in [0.1, 0.15) is 17.3 Å². The van der Waals surface area contributed by atoms with Crippen LogP contribution in [0.3, 0.4) is 0 Å². The minimum atomic E-state index is -0.606. The molecule has 0 spiro atoms. The van der Waals surface area contributed by atoms with Crippen molar-refractivity contribution in [3.05, 3.63) is 58.4 Å². The first kappa shape index (κ1) is 14.8. The van der Waals surface area contributed by atoms with E-state index in [9.17, 15) is 4.39 Å². The quantitative estimate of drug-likeness (QED) is 0.392. The number of rotatable bonds is 3. The lowest BCUT2D eigenvalue weighted by Crippen LogP contribution is -2.16. The van der Waals surface area contributed by atoms with Crippen LogP contribution in [-0.4, -0.2) is 11.0 Å². The third kappa shape index (κ3) is 2.81. The molecule has 0 bridgehead atoms. The number of halogens is 1. The van der Waals surface area contributed by atoms with Crippen molar-refractivity contribution in [2.24, 2.45) is 10.9 Å². The summed E-state index contributed by atoms with van der Waals surface area (Å²) in [4.78, 5) is 0. The van der Waals surface area contributed by atoms with Crippen LogP contribution in [0.4, 0.5) is 4.39 Å². The van der Waals surface area contributed by atoms with Crippen LogP contribution in [0.25, 0.3) is 0 Å². The lowest BCUT2D eigenvalue weighted by Gasteiger charge is -2.16. The molecule has 0 fully saturated rings. The molecule has 3 N–H and O–H groups in total. The van der Waals surface area contributed by atoms with Crippen LogP contribution >= 0.6 is 0 Å². The summed E-state index contributed by atoms with van der Waals surface area (Å²) in [7, 11) is 0.